The molecule has 5 heteroatoms. The van der Waals surface area contributed by atoms with Crippen molar-refractivity contribution in [3.63, 3.8) is 0 Å². The Morgan fingerprint density at radius 3 is 2.42 bits per heavy atom. The second-order valence-electron chi connectivity index (χ2n) is 7.86. The van der Waals surface area contributed by atoms with E-state index in [1.807, 2.05) is 32.0 Å². The van der Waals surface area contributed by atoms with Crippen molar-refractivity contribution in [2.45, 2.75) is 27.3 Å². The normalized spacial score (nSPS) is 11.2. The van der Waals surface area contributed by atoms with E-state index in [-0.39, 0.29) is 0 Å². The van der Waals surface area contributed by atoms with Gasteiger partial charge in [-0.2, -0.15) is 0 Å². The van der Waals surface area contributed by atoms with Crippen LogP contribution < -0.4 is 5.32 Å². The summed E-state index contributed by atoms with van der Waals surface area (Å²) in [6.07, 6.45) is 0. The number of fused-ring (bicyclic) bond motifs is 1. The number of nitrogens with zero attached hydrogens (tertiary/aromatic N) is 2. The molecule has 0 aliphatic heterocycles. The molecule has 5 nitrogen and oxygen atoms in total. The number of hydrogen-bond acceptors (Lipinski definition) is 4. The molecule has 3 aromatic carbocycles. The van der Waals surface area contributed by atoms with Crippen molar-refractivity contribution < 1.29 is 4.52 Å². The largest absolute Gasteiger partial charge is 0.361 e. The van der Waals surface area contributed by atoms with Crippen molar-refractivity contribution in [3.05, 3.63) is 89.3 Å². The van der Waals surface area contributed by atoms with Gasteiger partial charge in [-0.25, -0.2) is 4.98 Å². The third-order valence-corrected chi connectivity index (χ3v) is 5.65. The molecule has 2 aromatic heterocycles. The topological polar surface area (TPSA) is 66.7 Å². The van der Waals surface area contributed by atoms with Gasteiger partial charge in [-0.1, -0.05) is 59.8 Å². The first kappa shape index (κ1) is 19.1. The molecule has 2 heterocycles. The maximum Gasteiger partial charge on any atom is 0.201 e. The van der Waals surface area contributed by atoms with Crippen LogP contribution in [0, 0.1) is 20.8 Å². The lowest BCUT2D eigenvalue weighted by Crippen LogP contribution is -2.00. The van der Waals surface area contributed by atoms with Crippen LogP contribution in [0.1, 0.15) is 22.6 Å². The number of benzene rings is 3. The fraction of sp³-hybridized carbons (Fsp3) is 0.154. The first-order chi connectivity index (χ1) is 15.1. The number of rotatable bonds is 5. The smallest absolute Gasteiger partial charge is 0.201 e. The van der Waals surface area contributed by atoms with Crippen molar-refractivity contribution in [3.8, 4) is 22.3 Å². The molecule has 0 aliphatic carbocycles. The van der Waals surface area contributed by atoms with Crippen molar-refractivity contribution in [1.82, 2.24) is 15.1 Å². The zero-order valence-corrected chi connectivity index (χ0v) is 17.9. The predicted octanol–water partition coefficient (Wildman–Crippen LogP) is 6.42. The SMILES string of the molecule is Cc1ccccc1-c1cc(-c2c(C)noc2C)cc2[nH]c(NCc3ccccc3)nc12. The number of anilines is 1. The summed E-state index contributed by atoms with van der Waals surface area (Å²) in [7, 11) is 0. The molecule has 0 fully saturated rings. The first-order valence-electron chi connectivity index (χ1n) is 10.4. The summed E-state index contributed by atoms with van der Waals surface area (Å²) >= 11 is 0. The second kappa shape index (κ2) is 7.76. The average molecular weight is 409 g/mol. The van der Waals surface area contributed by atoms with E-state index >= 15 is 0 Å². The molecule has 5 rings (SSSR count). The molecular weight excluding hydrogens is 384 g/mol. The average Bonchev–Trinajstić information content (AvgIpc) is 3.35. The molecule has 0 spiro atoms. The van der Waals surface area contributed by atoms with Crippen LogP contribution in [0.4, 0.5) is 5.95 Å². The Balaban J connectivity index is 1.65. The monoisotopic (exact) mass is 408 g/mol. The van der Waals surface area contributed by atoms with Gasteiger partial charge in [0.05, 0.1) is 16.7 Å². The number of H-pyrrole nitrogens is 1. The van der Waals surface area contributed by atoms with Gasteiger partial charge in [0.1, 0.15) is 5.76 Å². The van der Waals surface area contributed by atoms with Crippen LogP contribution in [0.25, 0.3) is 33.3 Å². The Hall–Kier alpha value is -3.86. The van der Waals surface area contributed by atoms with Gasteiger partial charge in [-0.05, 0) is 55.2 Å². The van der Waals surface area contributed by atoms with E-state index in [2.05, 4.69) is 70.9 Å². The number of nitrogens with one attached hydrogen (secondary N) is 2. The van der Waals surface area contributed by atoms with Gasteiger partial charge in [0, 0.05) is 17.7 Å². The number of hydrogen-bond donors (Lipinski definition) is 2. The summed E-state index contributed by atoms with van der Waals surface area (Å²) in [4.78, 5) is 8.37. The van der Waals surface area contributed by atoms with E-state index < -0.39 is 0 Å². The summed E-state index contributed by atoms with van der Waals surface area (Å²) in [5.74, 6) is 1.57. The second-order valence-corrected chi connectivity index (χ2v) is 7.86. The van der Waals surface area contributed by atoms with Crippen LogP contribution in [-0.2, 0) is 6.54 Å². The molecule has 5 aromatic rings. The summed E-state index contributed by atoms with van der Waals surface area (Å²) in [6, 6.07) is 23.0. The zero-order chi connectivity index (χ0) is 21.4. The maximum absolute atomic E-state index is 5.44. The summed E-state index contributed by atoms with van der Waals surface area (Å²) in [5.41, 5.74) is 9.59. The van der Waals surface area contributed by atoms with Crippen molar-refractivity contribution >= 4 is 17.0 Å². The van der Waals surface area contributed by atoms with E-state index in [4.69, 9.17) is 9.51 Å². The third-order valence-electron chi connectivity index (χ3n) is 5.65. The Bertz CT molecular complexity index is 1350. The van der Waals surface area contributed by atoms with Gasteiger partial charge in [-0.3, -0.25) is 0 Å². The highest BCUT2D eigenvalue weighted by Crippen LogP contribution is 2.37. The Morgan fingerprint density at radius 1 is 0.903 bits per heavy atom. The standard InChI is InChI=1S/C26H24N4O/c1-16-9-7-8-12-21(16)22-13-20(24-17(2)30-31-18(24)3)14-23-25(22)29-26(28-23)27-15-19-10-5-4-6-11-19/h4-14H,15H2,1-3H3,(H2,27,28,29). The van der Waals surface area contributed by atoms with Crippen molar-refractivity contribution in [1.29, 1.82) is 0 Å². The summed E-state index contributed by atoms with van der Waals surface area (Å²) in [6.45, 7) is 6.76. The molecule has 0 atom stereocenters. The minimum atomic E-state index is 0.705. The van der Waals surface area contributed by atoms with Gasteiger partial charge < -0.3 is 14.8 Å². The van der Waals surface area contributed by atoms with Gasteiger partial charge in [0.15, 0.2) is 0 Å². The van der Waals surface area contributed by atoms with Crippen LogP contribution in [0.15, 0.2) is 71.3 Å². The highest BCUT2D eigenvalue weighted by molar-refractivity contribution is 5.98. The lowest BCUT2D eigenvalue weighted by Gasteiger charge is -2.10. The molecule has 0 saturated heterocycles. The molecule has 154 valence electrons. The van der Waals surface area contributed by atoms with Crippen molar-refractivity contribution in [2.24, 2.45) is 0 Å². The van der Waals surface area contributed by atoms with Gasteiger partial charge in [0.2, 0.25) is 5.95 Å². The highest BCUT2D eigenvalue weighted by atomic mass is 16.5. The van der Waals surface area contributed by atoms with E-state index in [9.17, 15) is 0 Å². The number of aromatic nitrogens is 3. The lowest BCUT2D eigenvalue weighted by molar-refractivity contribution is 0.393. The summed E-state index contributed by atoms with van der Waals surface area (Å²) in [5, 5.41) is 7.57. The quantitative estimate of drug-likeness (QED) is 0.352. The minimum Gasteiger partial charge on any atom is -0.361 e. The van der Waals surface area contributed by atoms with Crippen molar-refractivity contribution in [2.75, 3.05) is 5.32 Å². The Morgan fingerprint density at radius 2 is 1.68 bits per heavy atom. The van der Waals surface area contributed by atoms with Gasteiger partial charge in [0.25, 0.3) is 0 Å². The van der Waals surface area contributed by atoms with Crippen LogP contribution >= 0.6 is 0 Å². The van der Waals surface area contributed by atoms with E-state index in [0.29, 0.717) is 6.54 Å². The number of aryl methyl sites for hydroxylation is 3. The number of aromatic amines is 1. The molecule has 0 aliphatic rings. The van der Waals surface area contributed by atoms with Crippen LogP contribution in [0.5, 0.6) is 0 Å². The molecule has 2 N–H and O–H groups in total. The minimum absolute atomic E-state index is 0.705. The zero-order valence-electron chi connectivity index (χ0n) is 17.9. The first-order valence-corrected chi connectivity index (χ1v) is 10.4. The third kappa shape index (κ3) is 3.59. The van der Waals surface area contributed by atoms with Crippen LogP contribution in [-0.4, -0.2) is 15.1 Å². The molecule has 0 unspecified atom stereocenters. The highest BCUT2D eigenvalue weighted by Gasteiger charge is 2.18. The maximum atomic E-state index is 5.44. The Kier molecular flexibility index (Phi) is 4.79. The molecule has 0 bridgehead atoms. The van der Waals surface area contributed by atoms with Gasteiger partial charge in [-0.15, -0.1) is 0 Å². The van der Waals surface area contributed by atoms with Gasteiger partial charge >= 0.3 is 0 Å². The fourth-order valence-corrected chi connectivity index (χ4v) is 4.10. The van der Waals surface area contributed by atoms with E-state index in [1.165, 1.54) is 16.7 Å². The van der Waals surface area contributed by atoms with Crippen LogP contribution in [0.3, 0.4) is 0 Å². The fourth-order valence-electron chi connectivity index (χ4n) is 4.10. The van der Waals surface area contributed by atoms with Crippen LogP contribution in [0.2, 0.25) is 0 Å². The molecular formula is C26H24N4O. The number of imidazole rings is 1. The lowest BCUT2D eigenvalue weighted by atomic mass is 9.94. The summed E-state index contributed by atoms with van der Waals surface area (Å²) < 4.78 is 5.44. The molecule has 31 heavy (non-hydrogen) atoms. The Labute approximate surface area is 181 Å². The molecule has 0 amide bonds. The predicted molar refractivity (Wildman–Crippen MR) is 125 cm³/mol. The van der Waals surface area contributed by atoms with E-state index in [0.717, 1.165) is 45.1 Å². The van der Waals surface area contributed by atoms with E-state index in [1.54, 1.807) is 0 Å². The molecule has 0 saturated carbocycles. The molecule has 0 radical (unpaired) electrons.